The minimum absolute atomic E-state index is 0.0974. The van der Waals surface area contributed by atoms with Crippen molar-refractivity contribution in [2.24, 2.45) is 0 Å². The maximum Gasteiger partial charge on any atom is 0.317 e. The Morgan fingerprint density at radius 3 is 2.82 bits per heavy atom. The number of piperidine rings is 1. The number of aromatic nitrogens is 1. The molecule has 0 saturated carbocycles. The summed E-state index contributed by atoms with van der Waals surface area (Å²) in [5.41, 5.74) is 2.44. The molecule has 6 nitrogen and oxygen atoms in total. The summed E-state index contributed by atoms with van der Waals surface area (Å²) < 4.78 is 0. The summed E-state index contributed by atoms with van der Waals surface area (Å²) in [4.78, 5) is 23.9. The number of anilines is 1. The van der Waals surface area contributed by atoms with Gasteiger partial charge in [-0.25, -0.2) is 4.79 Å². The third kappa shape index (κ3) is 5.37. The summed E-state index contributed by atoms with van der Waals surface area (Å²) in [5, 5.41) is 3.18. The normalized spacial score (nSPS) is 21.6. The molecule has 0 bridgehead atoms. The maximum atomic E-state index is 12.7. The average Bonchev–Trinajstić information content (AvgIpc) is 2.95. The number of carbonyl (C=O) groups excluding carboxylic acids is 1. The first kappa shape index (κ1) is 20.9. The van der Waals surface area contributed by atoms with E-state index in [0.717, 1.165) is 45.6 Å². The summed E-state index contributed by atoms with van der Waals surface area (Å²) in [7, 11) is 0. The predicted molar refractivity (Wildman–Crippen MR) is 115 cm³/mol. The molecule has 0 aromatic carbocycles. The van der Waals surface area contributed by atoms with E-state index in [1.165, 1.54) is 37.1 Å². The van der Waals surface area contributed by atoms with Gasteiger partial charge in [-0.15, -0.1) is 0 Å². The van der Waals surface area contributed by atoms with Gasteiger partial charge in [-0.2, -0.15) is 0 Å². The van der Waals surface area contributed by atoms with E-state index in [0.29, 0.717) is 12.1 Å². The van der Waals surface area contributed by atoms with E-state index in [-0.39, 0.29) is 6.03 Å². The lowest BCUT2D eigenvalue weighted by molar-refractivity contribution is 0.105. The minimum Gasteiger partial charge on any atom is -0.369 e. The standard InChI is InChI=1S/C22H37N5O/c1-18(2)27-14-5-4-7-20(27)8-11-24-22(28)26-13-6-12-25(15-16-26)21-9-10-23-17-19(21)3/h9-10,17-18,20H,4-8,11-16H2,1-3H3,(H,24,28)/t20-/m0/s1. The zero-order valence-electron chi connectivity index (χ0n) is 17.9. The Balaban J connectivity index is 1.45. The number of carbonyl (C=O) groups is 1. The van der Waals surface area contributed by atoms with Crippen LogP contribution < -0.4 is 10.2 Å². The van der Waals surface area contributed by atoms with Crippen molar-refractivity contribution in [3.8, 4) is 0 Å². The Bertz CT molecular complexity index is 635. The van der Waals surface area contributed by atoms with Gasteiger partial charge >= 0.3 is 6.03 Å². The topological polar surface area (TPSA) is 51.7 Å². The Morgan fingerprint density at radius 1 is 1.18 bits per heavy atom. The summed E-state index contributed by atoms with van der Waals surface area (Å²) in [6.45, 7) is 12.1. The number of rotatable bonds is 5. The molecule has 1 atom stereocenters. The van der Waals surface area contributed by atoms with Crippen LogP contribution in [0.2, 0.25) is 0 Å². The lowest BCUT2D eigenvalue weighted by Gasteiger charge is -2.38. The van der Waals surface area contributed by atoms with Crippen molar-refractivity contribution < 1.29 is 4.79 Å². The zero-order chi connectivity index (χ0) is 19.9. The third-order valence-electron chi connectivity index (χ3n) is 6.20. The van der Waals surface area contributed by atoms with Gasteiger partial charge in [0.05, 0.1) is 0 Å². The number of nitrogens with zero attached hydrogens (tertiary/aromatic N) is 4. The number of urea groups is 1. The molecular formula is C22H37N5O. The van der Waals surface area contributed by atoms with E-state index >= 15 is 0 Å². The van der Waals surface area contributed by atoms with Crippen molar-refractivity contribution in [1.29, 1.82) is 0 Å². The van der Waals surface area contributed by atoms with Crippen LogP contribution >= 0.6 is 0 Å². The maximum absolute atomic E-state index is 12.7. The van der Waals surface area contributed by atoms with Gasteiger partial charge in [-0.3, -0.25) is 9.88 Å². The lowest BCUT2D eigenvalue weighted by atomic mass is 9.98. The summed E-state index contributed by atoms with van der Waals surface area (Å²) in [5.74, 6) is 0. The van der Waals surface area contributed by atoms with Crippen molar-refractivity contribution in [3.05, 3.63) is 24.0 Å². The lowest BCUT2D eigenvalue weighted by Crippen LogP contribution is -2.47. The van der Waals surface area contributed by atoms with Crippen LogP contribution in [0.5, 0.6) is 0 Å². The first-order chi connectivity index (χ1) is 13.6. The van der Waals surface area contributed by atoms with Gasteiger partial charge in [0.2, 0.25) is 0 Å². The average molecular weight is 388 g/mol. The molecule has 1 N–H and O–H groups in total. The molecular weight excluding hydrogens is 350 g/mol. The predicted octanol–water partition coefficient (Wildman–Crippen LogP) is 3.26. The van der Waals surface area contributed by atoms with Crippen LogP contribution in [0.3, 0.4) is 0 Å². The van der Waals surface area contributed by atoms with Crippen LogP contribution in [-0.4, -0.2) is 72.2 Å². The largest absolute Gasteiger partial charge is 0.369 e. The van der Waals surface area contributed by atoms with E-state index in [1.54, 1.807) is 0 Å². The molecule has 156 valence electrons. The number of pyridine rings is 1. The molecule has 0 spiro atoms. The minimum atomic E-state index is 0.0974. The summed E-state index contributed by atoms with van der Waals surface area (Å²) in [6.07, 6.45) is 9.71. The van der Waals surface area contributed by atoms with Crippen LogP contribution in [0, 0.1) is 6.92 Å². The van der Waals surface area contributed by atoms with Crippen LogP contribution in [0.4, 0.5) is 10.5 Å². The fraction of sp³-hybridized carbons (Fsp3) is 0.727. The van der Waals surface area contributed by atoms with Crippen LogP contribution in [-0.2, 0) is 0 Å². The van der Waals surface area contributed by atoms with E-state index in [4.69, 9.17) is 0 Å². The second-order valence-electron chi connectivity index (χ2n) is 8.49. The molecule has 0 unspecified atom stereocenters. The van der Waals surface area contributed by atoms with E-state index in [9.17, 15) is 4.79 Å². The van der Waals surface area contributed by atoms with E-state index in [1.807, 2.05) is 17.3 Å². The fourth-order valence-corrected chi connectivity index (χ4v) is 4.65. The summed E-state index contributed by atoms with van der Waals surface area (Å²) in [6, 6.07) is 3.38. The molecule has 0 aliphatic carbocycles. The number of likely N-dealkylation sites (tertiary alicyclic amines) is 1. The van der Waals surface area contributed by atoms with Gasteiger partial charge in [-0.1, -0.05) is 6.42 Å². The second kappa shape index (κ2) is 10.1. The molecule has 2 amide bonds. The summed E-state index contributed by atoms with van der Waals surface area (Å²) >= 11 is 0. The highest BCUT2D eigenvalue weighted by Crippen LogP contribution is 2.22. The van der Waals surface area contributed by atoms with Gasteiger partial charge in [0.25, 0.3) is 0 Å². The molecule has 2 fully saturated rings. The monoisotopic (exact) mass is 387 g/mol. The number of amides is 2. The molecule has 0 radical (unpaired) electrons. The van der Waals surface area contributed by atoms with Gasteiger partial charge in [-0.05, 0) is 64.6 Å². The Hall–Kier alpha value is -1.82. The Kier molecular flexibility index (Phi) is 7.54. The molecule has 2 saturated heterocycles. The van der Waals surface area contributed by atoms with Gasteiger partial charge in [0.1, 0.15) is 0 Å². The SMILES string of the molecule is Cc1cnccc1N1CCCN(C(=O)NCC[C@@H]2CCCCN2C(C)C)CC1. The molecule has 1 aromatic heterocycles. The first-order valence-corrected chi connectivity index (χ1v) is 11.0. The number of nitrogens with one attached hydrogen (secondary N) is 1. The highest BCUT2D eigenvalue weighted by Gasteiger charge is 2.25. The van der Waals surface area contributed by atoms with Crippen molar-refractivity contribution in [2.45, 2.75) is 65.0 Å². The van der Waals surface area contributed by atoms with E-state index in [2.05, 4.69) is 46.9 Å². The van der Waals surface area contributed by atoms with Crippen molar-refractivity contribution in [2.75, 3.05) is 44.2 Å². The molecule has 3 rings (SSSR count). The van der Waals surface area contributed by atoms with Crippen molar-refractivity contribution in [3.63, 3.8) is 0 Å². The van der Waals surface area contributed by atoms with Gasteiger partial charge in [0.15, 0.2) is 0 Å². The van der Waals surface area contributed by atoms with Gasteiger partial charge < -0.3 is 15.1 Å². The van der Waals surface area contributed by atoms with Crippen LogP contribution in [0.1, 0.15) is 51.5 Å². The Labute approximate surface area is 170 Å². The van der Waals surface area contributed by atoms with Crippen LogP contribution in [0.15, 0.2) is 18.5 Å². The third-order valence-corrected chi connectivity index (χ3v) is 6.20. The second-order valence-corrected chi connectivity index (χ2v) is 8.49. The molecule has 3 heterocycles. The molecule has 6 heteroatoms. The van der Waals surface area contributed by atoms with Gasteiger partial charge in [0, 0.05) is 62.9 Å². The molecule has 1 aromatic rings. The zero-order valence-corrected chi connectivity index (χ0v) is 17.9. The van der Waals surface area contributed by atoms with Crippen LogP contribution in [0.25, 0.3) is 0 Å². The number of hydrogen-bond acceptors (Lipinski definition) is 4. The van der Waals surface area contributed by atoms with Crippen molar-refractivity contribution >= 4 is 11.7 Å². The fourth-order valence-electron chi connectivity index (χ4n) is 4.65. The Morgan fingerprint density at radius 2 is 2.04 bits per heavy atom. The molecule has 2 aliphatic heterocycles. The van der Waals surface area contributed by atoms with E-state index < -0.39 is 0 Å². The quantitative estimate of drug-likeness (QED) is 0.843. The highest BCUT2D eigenvalue weighted by molar-refractivity contribution is 5.74. The smallest absolute Gasteiger partial charge is 0.317 e. The number of hydrogen-bond donors (Lipinski definition) is 1. The first-order valence-electron chi connectivity index (χ1n) is 11.0. The molecule has 28 heavy (non-hydrogen) atoms. The van der Waals surface area contributed by atoms with Crippen molar-refractivity contribution in [1.82, 2.24) is 20.1 Å². The molecule has 2 aliphatic rings. The number of aryl methyl sites for hydroxylation is 1. The highest BCUT2D eigenvalue weighted by atomic mass is 16.2.